The summed E-state index contributed by atoms with van der Waals surface area (Å²) in [5, 5.41) is 10.3. The number of benzene rings is 1. The van der Waals surface area contributed by atoms with Gasteiger partial charge in [-0.15, -0.1) is 0 Å². The summed E-state index contributed by atoms with van der Waals surface area (Å²) in [5.41, 5.74) is 1.51. The van der Waals surface area contributed by atoms with Crippen molar-refractivity contribution >= 4 is 41.0 Å². The number of halogens is 2. The van der Waals surface area contributed by atoms with E-state index in [9.17, 15) is 13.6 Å². The third-order valence-electron chi connectivity index (χ3n) is 6.60. The maximum atomic E-state index is 14.9. The van der Waals surface area contributed by atoms with Gasteiger partial charge < -0.3 is 24.8 Å². The molecule has 14 heteroatoms. The highest BCUT2D eigenvalue weighted by molar-refractivity contribution is 6.19. The average Bonchev–Trinajstić information content (AvgIpc) is 3.31. The lowest BCUT2D eigenvalue weighted by molar-refractivity contribution is -0.143. The lowest BCUT2D eigenvalue weighted by Crippen LogP contribution is -2.47. The summed E-state index contributed by atoms with van der Waals surface area (Å²) < 4.78 is 31.6. The Morgan fingerprint density at radius 2 is 1.71 bits per heavy atom. The summed E-state index contributed by atoms with van der Waals surface area (Å²) in [6.45, 7) is 8.77. The van der Waals surface area contributed by atoms with Crippen LogP contribution >= 0.6 is 0 Å². The number of carbonyl (C=O) groups is 3. The Kier molecular flexibility index (Phi) is 9.15. The molecule has 0 aliphatic carbocycles. The van der Waals surface area contributed by atoms with E-state index in [1.54, 1.807) is 18.2 Å². The van der Waals surface area contributed by atoms with Crippen LogP contribution in [0.3, 0.4) is 0 Å². The summed E-state index contributed by atoms with van der Waals surface area (Å²) >= 11 is 0. The van der Waals surface area contributed by atoms with Crippen LogP contribution in [0.2, 0.25) is 0 Å². The molecule has 0 radical (unpaired) electrons. The van der Waals surface area contributed by atoms with Crippen LogP contribution < -0.4 is 5.32 Å². The van der Waals surface area contributed by atoms with Gasteiger partial charge in [0.2, 0.25) is 12.2 Å². The topological polar surface area (TPSA) is 146 Å². The van der Waals surface area contributed by atoms with Crippen molar-refractivity contribution < 1.29 is 28.3 Å². The normalized spacial score (nSPS) is 13.5. The minimum absolute atomic E-state index is 0.0457. The number of aromatic nitrogens is 5. The maximum Gasteiger partial charge on any atom is 0.368 e. The van der Waals surface area contributed by atoms with Gasteiger partial charge in [-0.25, -0.2) is 33.5 Å². The predicted octanol–water partition coefficient (Wildman–Crippen LogP) is 3.46. The van der Waals surface area contributed by atoms with E-state index < -0.39 is 17.6 Å². The number of aldehydes is 1. The number of carboxylic acids is 1. The van der Waals surface area contributed by atoms with Crippen molar-refractivity contribution in [2.24, 2.45) is 0 Å². The monoisotopic (exact) mass is 580 g/mol. The van der Waals surface area contributed by atoms with Gasteiger partial charge in [0, 0.05) is 44.0 Å². The average molecular weight is 581 g/mol. The first-order chi connectivity index (χ1) is 20.0. The number of pyridine rings is 1. The van der Waals surface area contributed by atoms with E-state index in [1.807, 2.05) is 37.3 Å². The van der Waals surface area contributed by atoms with Crippen molar-refractivity contribution in [1.82, 2.24) is 34.3 Å². The number of nitrogens with one attached hydrogen (secondary N) is 1. The molecule has 1 aromatic carbocycles. The van der Waals surface area contributed by atoms with Crippen LogP contribution in [0.1, 0.15) is 36.1 Å². The van der Waals surface area contributed by atoms with Gasteiger partial charge in [-0.05, 0) is 52.1 Å². The Morgan fingerprint density at radius 3 is 2.31 bits per heavy atom. The van der Waals surface area contributed by atoms with Crippen molar-refractivity contribution in [3.8, 4) is 11.3 Å². The third-order valence-corrected chi connectivity index (χ3v) is 6.60. The molecule has 0 atom stereocenters. The number of amides is 1. The minimum Gasteiger partial charge on any atom is -0.476 e. The molecule has 4 aromatic rings. The zero-order chi connectivity index (χ0) is 30.6. The number of carboxylic acid groups (broad SMARTS) is 1. The molecular weight excluding hydrogens is 550 g/mol. The first-order valence-electron chi connectivity index (χ1n) is 13.1. The molecule has 0 bridgehead atoms. The maximum absolute atomic E-state index is 14.9. The van der Waals surface area contributed by atoms with Gasteiger partial charge in [-0.3, -0.25) is 9.59 Å². The number of rotatable bonds is 6. The Labute approximate surface area is 240 Å². The number of fused-ring (bicyclic) bond motifs is 1. The highest BCUT2D eigenvalue weighted by Crippen LogP contribution is 2.30. The highest BCUT2D eigenvalue weighted by Gasteiger charge is 2.21. The molecule has 220 valence electrons. The molecule has 4 heterocycles. The Hall–Kier alpha value is -4.85. The smallest absolute Gasteiger partial charge is 0.368 e. The number of aryl methyl sites for hydroxylation is 1. The zero-order valence-corrected chi connectivity index (χ0v) is 23.5. The van der Waals surface area contributed by atoms with Crippen molar-refractivity contribution in [3.63, 3.8) is 0 Å². The molecule has 1 amide bonds. The van der Waals surface area contributed by atoms with Crippen LogP contribution in [0.4, 0.5) is 20.5 Å². The minimum atomic E-state index is -1.43. The molecule has 0 spiro atoms. The van der Waals surface area contributed by atoms with Crippen molar-refractivity contribution in [1.29, 1.82) is 0 Å². The van der Waals surface area contributed by atoms with Crippen molar-refractivity contribution in [2.75, 3.05) is 38.5 Å². The second-order valence-electron chi connectivity index (χ2n) is 9.95. The van der Waals surface area contributed by atoms with E-state index >= 15 is 0 Å². The van der Waals surface area contributed by atoms with E-state index in [1.165, 1.54) is 12.3 Å². The molecule has 0 saturated carbocycles. The third kappa shape index (κ3) is 6.71. The van der Waals surface area contributed by atoms with Gasteiger partial charge in [0.1, 0.15) is 22.9 Å². The SMILES string of the molecule is Cc1nc2c(F)cc(-c3nc(Nc4ccc(C(=O)N5CCN(C)CC5)cn4)ncc3F)cc2n1C(C)C.O=CC(=O)O. The van der Waals surface area contributed by atoms with E-state index in [2.05, 4.69) is 30.2 Å². The van der Waals surface area contributed by atoms with Crippen LogP contribution in [0.5, 0.6) is 0 Å². The summed E-state index contributed by atoms with van der Waals surface area (Å²) in [7, 11) is 2.03. The molecule has 1 aliphatic heterocycles. The molecule has 3 aromatic heterocycles. The van der Waals surface area contributed by atoms with E-state index in [-0.39, 0.29) is 41.0 Å². The molecule has 2 N–H and O–H groups in total. The Balaban J connectivity index is 0.000000748. The molecule has 1 aliphatic rings. The second kappa shape index (κ2) is 12.8. The summed E-state index contributed by atoms with van der Waals surface area (Å²) in [6, 6.07) is 6.28. The van der Waals surface area contributed by atoms with Gasteiger partial charge in [0.05, 0.1) is 17.3 Å². The van der Waals surface area contributed by atoms with Gasteiger partial charge in [-0.1, -0.05) is 0 Å². The number of anilines is 2. The number of likely N-dealkylation sites (N-methyl/N-ethyl adjacent to an activating group) is 1. The summed E-state index contributed by atoms with van der Waals surface area (Å²) in [5.74, 6) is -1.57. The van der Waals surface area contributed by atoms with Crippen LogP contribution in [0, 0.1) is 18.6 Å². The number of hydrogen-bond acceptors (Lipinski definition) is 9. The predicted molar refractivity (Wildman–Crippen MR) is 150 cm³/mol. The highest BCUT2D eigenvalue weighted by atomic mass is 19.1. The fourth-order valence-corrected chi connectivity index (χ4v) is 4.59. The fourth-order valence-electron chi connectivity index (χ4n) is 4.59. The first kappa shape index (κ1) is 30.1. The molecule has 5 rings (SSSR count). The molecular formula is C28H30F2N8O4. The lowest BCUT2D eigenvalue weighted by Gasteiger charge is -2.32. The largest absolute Gasteiger partial charge is 0.476 e. The Morgan fingerprint density at radius 1 is 1.02 bits per heavy atom. The summed E-state index contributed by atoms with van der Waals surface area (Å²) in [6.07, 6.45) is 2.36. The van der Waals surface area contributed by atoms with Gasteiger partial charge in [0.15, 0.2) is 11.6 Å². The van der Waals surface area contributed by atoms with Crippen molar-refractivity contribution in [3.05, 3.63) is 59.7 Å². The van der Waals surface area contributed by atoms with Crippen LogP contribution in [-0.4, -0.2) is 90.8 Å². The standard InChI is InChI=1S/C26H28F2N8O.C2H2O3/c1-15(2)36-16(3)31-24-19(27)11-18(12-21(24)36)23-20(28)14-30-26(33-23)32-22-6-5-17(13-29-22)25(37)35-9-7-34(4)8-10-35;3-1-2(4)5/h5-6,11-15H,7-10H2,1-4H3,(H,29,30,32,33);1H,(H,4,5). The number of hydrogen-bond donors (Lipinski definition) is 2. The van der Waals surface area contributed by atoms with E-state index in [0.717, 1.165) is 19.3 Å². The molecule has 0 unspecified atom stereocenters. The molecule has 12 nitrogen and oxygen atoms in total. The number of piperazine rings is 1. The molecule has 42 heavy (non-hydrogen) atoms. The quantitative estimate of drug-likeness (QED) is 0.257. The Bertz CT molecular complexity index is 1620. The fraction of sp³-hybridized carbons (Fsp3) is 0.321. The number of imidazole rings is 1. The second-order valence-corrected chi connectivity index (χ2v) is 9.95. The van der Waals surface area contributed by atoms with Crippen molar-refractivity contribution in [2.45, 2.75) is 26.8 Å². The van der Waals surface area contributed by atoms with Crippen LogP contribution in [-0.2, 0) is 9.59 Å². The lowest BCUT2D eigenvalue weighted by atomic mass is 10.1. The van der Waals surface area contributed by atoms with Crippen LogP contribution in [0.25, 0.3) is 22.3 Å². The molecule has 1 fully saturated rings. The molecule has 1 saturated heterocycles. The zero-order valence-electron chi connectivity index (χ0n) is 23.5. The van der Waals surface area contributed by atoms with E-state index in [0.29, 0.717) is 35.8 Å². The number of aliphatic carboxylic acids is 1. The first-order valence-corrected chi connectivity index (χ1v) is 13.1. The van der Waals surface area contributed by atoms with Gasteiger partial charge in [0.25, 0.3) is 5.91 Å². The number of carbonyl (C=O) groups excluding carboxylic acids is 2. The summed E-state index contributed by atoms with van der Waals surface area (Å²) in [4.78, 5) is 51.6. The number of nitrogens with zero attached hydrogens (tertiary/aromatic N) is 7. The van der Waals surface area contributed by atoms with Gasteiger partial charge >= 0.3 is 5.97 Å². The van der Waals surface area contributed by atoms with E-state index in [4.69, 9.17) is 14.7 Å². The van der Waals surface area contributed by atoms with Gasteiger partial charge in [-0.2, -0.15) is 0 Å². The van der Waals surface area contributed by atoms with Crippen LogP contribution in [0.15, 0.2) is 36.7 Å².